The lowest BCUT2D eigenvalue weighted by Crippen LogP contribution is -2.35. The third kappa shape index (κ3) is 4.08. The van der Waals surface area contributed by atoms with Crippen molar-refractivity contribution < 1.29 is 13.0 Å². The number of aromatic nitrogens is 1. The fourth-order valence-electron chi connectivity index (χ4n) is 5.22. The third-order valence-corrected chi connectivity index (χ3v) is 6.29. The Labute approximate surface area is 161 Å². The molecule has 1 aromatic heterocycles. The third-order valence-electron chi connectivity index (χ3n) is 6.29. The van der Waals surface area contributed by atoms with Crippen LogP contribution in [-0.2, 0) is 23.1 Å². The molecule has 27 heavy (non-hydrogen) atoms. The molecule has 1 atom stereocenters. The Bertz CT molecular complexity index is 917. The van der Waals surface area contributed by atoms with E-state index >= 15 is 0 Å². The van der Waals surface area contributed by atoms with Crippen molar-refractivity contribution in [3.05, 3.63) is 35.0 Å². The Morgan fingerprint density at radius 3 is 2.59 bits per heavy atom. The zero-order chi connectivity index (χ0) is 19.0. The van der Waals surface area contributed by atoms with Crippen LogP contribution >= 0.6 is 0 Å². The van der Waals surface area contributed by atoms with E-state index in [0.29, 0.717) is 12.3 Å². The fraction of sp³-hybridized carbons (Fsp3) is 0.619. The van der Waals surface area contributed by atoms with Gasteiger partial charge in [0.15, 0.2) is 0 Å². The van der Waals surface area contributed by atoms with Crippen LogP contribution in [0.4, 0.5) is 0 Å². The highest BCUT2D eigenvalue weighted by atomic mass is 32.2. The van der Waals surface area contributed by atoms with Crippen LogP contribution in [0, 0.1) is 0 Å². The quantitative estimate of drug-likeness (QED) is 0.717. The summed E-state index contributed by atoms with van der Waals surface area (Å²) in [6, 6.07) is 8.04. The molecule has 6 heteroatoms. The van der Waals surface area contributed by atoms with E-state index in [2.05, 4.69) is 28.1 Å². The van der Waals surface area contributed by atoms with Crippen molar-refractivity contribution >= 4 is 21.0 Å². The summed E-state index contributed by atoms with van der Waals surface area (Å²) in [5.74, 6) is 0.819. The minimum atomic E-state index is -3.67. The molecule has 3 aliphatic rings. The zero-order valence-corrected chi connectivity index (χ0v) is 16.9. The predicted molar refractivity (Wildman–Crippen MR) is 109 cm³/mol. The van der Waals surface area contributed by atoms with E-state index in [1.165, 1.54) is 56.9 Å². The molecule has 148 valence electrons. The Balaban J connectivity index is 0.000000323. The van der Waals surface area contributed by atoms with Crippen LogP contribution in [0.25, 0.3) is 10.9 Å². The highest BCUT2D eigenvalue weighted by molar-refractivity contribution is 7.85. The molecular formula is C21H30N2O3S. The largest absolute Gasteiger partial charge is 0.342 e. The van der Waals surface area contributed by atoms with Gasteiger partial charge < -0.3 is 9.88 Å². The monoisotopic (exact) mass is 390 g/mol. The molecule has 1 aliphatic heterocycles. The summed E-state index contributed by atoms with van der Waals surface area (Å²) in [5, 5.41) is 5.31. The Morgan fingerprint density at radius 2 is 1.85 bits per heavy atom. The van der Waals surface area contributed by atoms with Gasteiger partial charge in [-0.25, -0.2) is 0 Å². The molecule has 5 nitrogen and oxygen atoms in total. The van der Waals surface area contributed by atoms with Gasteiger partial charge in [0.25, 0.3) is 10.1 Å². The predicted octanol–water partition coefficient (Wildman–Crippen LogP) is 4.17. The van der Waals surface area contributed by atoms with E-state index in [9.17, 15) is 8.42 Å². The van der Waals surface area contributed by atoms with Gasteiger partial charge in [-0.2, -0.15) is 8.42 Å². The van der Waals surface area contributed by atoms with Crippen molar-refractivity contribution in [2.75, 3.05) is 12.8 Å². The van der Waals surface area contributed by atoms with E-state index in [0.717, 1.165) is 19.0 Å². The van der Waals surface area contributed by atoms with Crippen LogP contribution in [0.1, 0.15) is 73.7 Å². The molecule has 2 heterocycles. The number of fused-ring (bicyclic) bond motifs is 3. The number of aryl methyl sites for hydroxylation is 1. The molecule has 0 amide bonds. The number of hydrogen-bond donors (Lipinski definition) is 2. The van der Waals surface area contributed by atoms with Gasteiger partial charge >= 0.3 is 0 Å². The summed E-state index contributed by atoms with van der Waals surface area (Å²) in [7, 11) is -3.67. The summed E-state index contributed by atoms with van der Waals surface area (Å²) in [6.45, 7) is 2.27. The molecular weight excluding hydrogens is 360 g/mol. The molecule has 0 spiro atoms. The smallest absolute Gasteiger partial charge is 0.261 e. The van der Waals surface area contributed by atoms with Crippen LogP contribution in [0.15, 0.2) is 18.2 Å². The maximum absolute atomic E-state index is 9.19. The molecule has 5 rings (SSSR count). The second-order valence-electron chi connectivity index (χ2n) is 8.26. The van der Waals surface area contributed by atoms with E-state index in [1.807, 2.05) is 0 Å². The van der Waals surface area contributed by atoms with E-state index in [4.69, 9.17) is 4.55 Å². The standard InChI is InChI=1S/C20H26N2.CH4O3S/c1-2-5-14(6-3-1)15-9-10-19-17(13-15)16-7-4-8-18-20(16)22(19)12-11-21-18;1-5(2,3)4/h9-10,13-14,18,21H,1-8,11-12H2;1H3,(H,2,3,4)/t18-;/m0./s1. The SMILES string of the molecule is CS(=O)(=O)O.c1cc2c(cc1C1CCCCC1)c1c3n2CCN[C@H]3CCC1. The average Bonchev–Trinajstić information content (AvgIpc) is 2.97. The molecule has 1 aromatic carbocycles. The van der Waals surface area contributed by atoms with Crippen LogP contribution in [0.3, 0.4) is 0 Å². The summed E-state index contributed by atoms with van der Waals surface area (Å²) in [5.41, 5.74) is 6.39. The van der Waals surface area contributed by atoms with Crippen LogP contribution in [0.5, 0.6) is 0 Å². The molecule has 1 saturated carbocycles. The molecule has 1 fully saturated rings. The van der Waals surface area contributed by atoms with E-state index in [-0.39, 0.29) is 0 Å². The van der Waals surface area contributed by atoms with Crippen LogP contribution in [0.2, 0.25) is 0 Å². The summed E-state index contributed by atoms with van der Waals surface area (Å²) >= 11 is 0. The van der Waals surface area contributed by atoms with Crippen LogP contribution in [-0.4, -0.2) is 30.3 Å². The first-order valence-corrected chi connectivity index (χ1v) is 12.1. The minimum Gasteiger partial charge on any atom is -0.342 e. The fourth-order valence-corrected chi connectivity index (χ4v) is 5.22. The van der Waals surface area contributed by atoms with E-state index < -0.39 is 10.1 Å². The van der Waals surface area contributed by atoms with Crippen molar-refractivity contribution in [1.82, 2.24) is 9.88 Å². The van der Waals surface area contributed by atoms with Gasteiger partial charge in [0.2, 0.25) is 0 Å². The number of rotatable bonds is 1. The second-order valence-corrected chi connectivity index (χ2v) is 9.72. The summed E-state index contributed by atoms with van der Waals surface area (Å²) in [6.07, 6.45) is 11.8. The average molecular weight is 391 g/mol. The van der Waals surface area contributed by atoms with Gasteiger partial charge in [-0.05, 0) is 61.3 Å². The number of nitrogens with zero attached hydrogens (tertiary/aromatic N) is 1. The van der Waals surface area contributed by atoms with Gasteiger partial charge in [0, 0.05) is 35.7 Å². The first-order chi connectivity index (χ1) is 12.9. The maximum Gasteiger partial charge on any atom is 0.261 e. The summed E-state index contributed by atoms with van der Waals surface area (Å²) in [4.78, 5) is 0. The van der Waals surface area contributed by atoms with Gasteiger partial charge in [-0.3, -0.25) is 4.55 Å². The lowest BCUT2D eigenvalue weighted by molar-refractivity contribution is 0.384. The van der Waals surface area contributed by atoms with E-state index in [1.54, 1.807) is 22.2 Å². The van der Waals surface area contributed by atoms with Crippen LogP contribution < -0.4 is 5.32 Å². The number of hydrogen-bond acceptors (Lipinski definition) is 3. The molecule has 0 unspecified atom stereocenters. The highest BCUT2D eigenvalue weighted by Crippen LogP contribution is 2.41. The normalized spacial score (nSPS) is 22.8. The minimum absolute atomic E-state index is 0.614. The Kier molecular flexibility index (Phi) is 5.32. The highest BCUT2D eigenvalue weighted by Gasteiger charge is 2.30. The molecule has 0 radical (unpaired) electrons. The maximum atomic E-state index is 9.19. The first kappa shape index (κ1) is 19.0. The lowest BCUT2D eigenvalue weighted by atomic mass is 9.83. The molecule has 2 N–H and O–H groups in total. The van der Waals surface area contributed by atoms with Gasteiger partial charge in [-0.1, -0.05) is 25.3 Å². The van der Waals surface area contributed by atoms with Gasteiger partial charge in [0.05, 0.1) is 6.26 Å². The lowest BCUT2D eigenvalue weighted by Gasteiger charge is -2.31. The Morgan fingerprint density at radius 1 is 1.11 bits per heavy atom. The number of benzene rings is 1. The van der Waals surface area contributed by atoms with Crippen molar-refractivity contribution in [2.45, 2.75) is 69.9 Å². The van der Waals surface area contributed by atoms with Crippen molar-refractivity contribution in [1.29, 1.82) is 0 Å². The molecule has 2 aliphatic carbocycles. The first-order valence-electron chi connectivity index (χ1n) is 10.2. The summed E-state index contributed by atoms with van der Waals surface area (Å²) < 4.78 is 28.5. The van der Waals surface area contributed by atoms with Crippen molar-refractivity contribution in [3.63, 3.8) is 0 Å². The van der Waals surface area contributed by atoms with Crippen molar-refractivity contribution in [2.24, 2.45) is 0 Å². The van der Waals surface area contributed by atoms with Gasteiger partial charge in [0.1, 0.15) is 0 Å². The van der Waals surface area contributed by atoms with Crippen molar-refractivity contribution in [3.8, 4) is 0 Å². The molecule has 2 aromatic rings. The molecule has 0 saturated heterocycles. The number of nitrogens with one attached hydrogen (secondary N) is 1. The van der Waals surface area contributed by atoms with Gasteiger partial charge in [-0.15, -0.1) is 0 Å². The topological polar surface area (TPSA) is 71.3 Å². The second kappa shape index (κ2) is 7.57. The molecule has 0 bridgehead atoms. The Hall–Kier alpha value is -1.37. The zero-order valence-electron chi connectivity index (χ0n) is 16.1.